The monoisotopic (exact) mass is 487 g/mol. The number of nitrogens with zero attached hydrogens (tertiary/aromatic N) is 2. The molecule has 1 amide bonds. The van der Waals surface area contributed by atoms with Crippen LogP contribution in [-0.2, 0) is 26.1 Å². The van der Waals surface area contributed by atoms with Crippen molar-refractivity contribution >= 4 is 38.2 Å². The van der Waals surface area contributed by atoms with Crippen LogP contribution in [0.15, 0.2) is 48.7 Å². The lowest BCUT2D eigenvalue weighted by Crippen LogP contribution is -2.38. The second-order valence-corrected chi connectivity index (χ2v) is 10.0. The molecule has 0 atom stereocenters. The molecule has 182 valence electrons. The summed E-state index contributed by atoms with van der Waals surface area (Å²) >= 11 is 0. The minimum absolute atomic E-state index is 0.120. The summed E-state index contributed by atoms with van der Waals surface area (Å²) in [6.45, 7) is 1.56. The van der Waals surface area contributed by atoms with E-state index in [2.05, 4.69) is 9.88 Å². The molecule has 1 N–H and O–H groups in total. The molecule has 0 bridgehead atoms. The SMILES string of the molecule is COCCn1ccc2c(OCC(=O)Nc3ccc(N4CCCCS4(=O)=O)c(OC)c3)cccc21. The predicted molar refractivity (Wildman–Crippen MR) is 131 cm³/mol. The van der Waals surface area contributed by atoms with E-state index >= 15 is 0 Å². The number of fused-ring (bicyclic) bond motifs is 1. The van der Waals surface area contributed by atoms with Crippen molar-refractivity contribution in [2.45, 2.75) is 19.4 Å². The lowest BCUT2D eigenvalue weighted by molar-refractivity contribution is -0.118. The molecular weight excluding hydrogens is 458 g/mol. The number of aromatic nitrogens is 1. The van der Waals surface area contributed by atoms with E-state index in [-0.39, 0.29) is 18.3 Å². The molecule has 10 heteroatoms. The number of hydrogen-bond donors (Lipinski definition) is 1. The van der Waals surface area contributed by atoms with Gasteiger partial charge in [-0.25, -0.2) is 8.42 Å². The highest BCUT2D eigenvalue weighted by molar-refractivity contribution is 7.92. The summed E-state index contributed by atoms with van der Waals surface area (Å²) in [4.78, 5) is 12.6. The first-order chi connectivity index (χ1) is 16.4. The zero-order valence-electron chi connectivity index (χ0n) is 19.3. The molecule has 2 aromatic carbocycles. The topological polar surface area (TPSA) is 99.1 Å². The third kappa shape index (κ3) is 5.13. The number of amides is 1. The molecule has 1 aliphatic heterocycles. The minimum Gasteiger partial charge on any atom is -0.494 e. The van der Waals surface area contributed by atoms with Gasteiger partial charge < -0.3 is 24.1 Å². The van der Waals surface area contributed by atoms with Crippen LogP contribution >= 0.6 is 0 Å². The van der Waals surface area contributed by atoms with E-state index < -0.39 is 10.0 Å². The Morgan fingerprint density at radius 2 is 1.94 bits per heavy atom. The van der Waals surface area contributed by atoms with E-state index in [0.29, 0.717) is 42.4 Å². The van der Waals surface area contributed by atoms with Crippen LogP contribution in [0.4, 0.5) is 11.4 Å². The van der Waals surface area contributed by atoms with Crippen molar-refractivity contribution in [3.8, 4) is 11.5 Å². The van der Waals surface area contributed by atoms with Crippen molar-refractivity contribution in [1.29, 1.82) is 0 Å². The molecule has 3 aromatic rings. The summed E-state index contributed by atoms with van der Waals surface area (Å²) in [5, 5.41) is 3.70. The van der Waals surface area contributed by atoms with Gasteiger partial charge in [-0.15, -0.1) is 0 Å². The van der Waals surface area contributed by atoms with Crippen LogP contribution in [-0.4, -0.2) is 58.6 Å². The number of carbonyl (C=O) groups excluding carboxylic acids is 1. The minimum atomic E-state index is -3.37. The Kier molecular flexibility index (Phi) is 7.28. The van der Waals surface area contributed by atoms with E-state index in [4.69, 9.17) is 14.2 Å². The molecule has 0 radical (unpaired) electrons. The highest BCUT2D eigenvalue weighted by atomic mass is 32.2. The zero-order valence-corrected chi connectivity index (χ0v) is 20.1. The standard InChI is InChI=1S/C24H29N3O6S/c1-31-14-13-26-12-10-19-20(26)6-5-7-22(19)33-17-24(28)25-18-8-9-21(23(16-18)32-2)27-11-3-4-15-34(27,29)30/h5-10,12,16H,3-4,11,13-15,17H2,1-2H3,(H,25,28). The van der Waals surface area contributed by atoms with Crippen LogP contribution in [0.1, 0.15) is 12.8 Å². The molecule has 0 saturated carbocycles. The normalized spacial score (nSPS) is 15.3. The molecule has 1 aromatic heterocycles. The summed E-state index contributed by atoms with van der Waals surface area (Å²) in [5.74, 6) is 0.781. The van der Waals surface area contributed by atoms with E-state index in [9.17, 15) is 13.2 Å². The van der Waals surface area contributed by atoms with Gasteiger partial charge in [0.2, 0.25) is 10.0 Å². The number of rotatable bonds is 9. The molecule has 0 unspecified atom stereocenters. The average molecular weight is 488 g/mol. The first-order valence-corrected chi connectivity index (χ1v) is 12.7. The lowest BCUT2D eigenvalue weighted by Gasteiger charge is -2.29. The highest BCUT2D eigenvalue weighted by Gasteiger charge is 2.28. The zero-order chi connectivity index (χ0) is 24.1. The first kappa shape index (κ1) is 23.9. The smallest absolute Gasteiger partial charge is 0.262 e. The highest BCUT2D eigenvalue weighted by Crippen LogP contribution is 2.35. The van der Waals surface area contributed by atoms with Crippen LogP contribution in [0.25, 0.3) is 10.9 Å². The fourth-order valence-electron chi connectivity index (χ4n) is 4.07. The van der Waals surface area contributed by atoms with Crippen LogP contribution < -0.4 is 19.1 Å². The van der Waals surface area contributed by atoms with Crippen molar-refractivity contribution in [2.24, 2.45) is 0 Å². The fraction of sp³-hybridized carbons (Fsp3) is 0.375. The number of carbonyl (C=O) groups is 1. The Balaban J connectivity index is 1.43. The summed E-state index contributed by atoms with van der Waals surface area (Å²) < 4.78 is 44.7. The number of anilines is 2. The van der Waals surface area contributed by atoms with Crippen LogP contribution in [0, 0.1) is 0 Å². The number of nitrogens with one attached hydrogen (secondary N) is 1. The van der Waals surface area contributed by atoms with Crippen molar-refractivity contribution in [1.82, 2.24) is 4.57 Å². The van der Waals surface area contributed by atoms with Crippen molar-refractivity contribution < 1.29 is 27.4 Å². The van der Waals surface area contributed by atoms with Gasteiger partial charge >= 0.3 is 0 Å². The van der Waals surface area contributed by atoms with Gasteiger partial charge in [-0.3, -0.25) is 9.10 Å². The number of sulfonamides is 1. The van der Waals surface area contributed by atoms with Gasteiger partial charge in [-0.1, -0.05) is 6.07 Å². The second-order valence-electron chi connectivity index (χ2n) is 8.01. The second kappa shape index (κ2) is 10.4. The molecule has 1 saturated heterocycles. The molecule has 9 nitrogen and oxygen atoms in total. The fourth-order valence-corrected chi connectivity index (χ4v) is 5.71. The third-order valence-electron chi connectivity index (χ3n) is 5.75. The van der Waals surface area contributed by atoms with Crippen LogP contribution in [0.3, 0.4) is 0 Å². The largest absolute Gasteiger partial charge is 0.494 e. The molecule has 0 aliphatic carbocycles. The van der Waals surface area contributed by atoms with E-state index in [0.717, 1.165) is 23.9 Å². The Morgan fingerprint density at radius 3 is 2.71 bits per heavy atom. The van der Waals surface area contributed by atoms with Gasteiger partial charge in [0.05, 0.1) is 30.7 Å². The number of benzene rings is 2. The Hall–Kier alpha value is -3.24. The Morgan fingerprint density at radius 1 is 1.09 bits per heavy atom. The lowest BCUT2D eigenvalue weighted by atomic mass is 10.2. The molecular formula is C24H29N3O6S. The van der Waals surface area contributed by atoms with Crippen LogP contribution in [0.2, 0.25) is 0 Å². The quantitative estimate of drug-likeness (QED) is 0.498. The molecule has 4 rings (SSSR count). The van der Waals surface area contributed by atoms with Gasteiger partial charge in [0.25, 0.3) is 5.91 Å². The summed E-state index contributed by atoms with van der Waals surface area (Å²) in [6, 6.07) is 12.6. The number of methoxy groups -OCH3 is 2. The van der Waals surface area contributed by atoms with Gasteiger partial charge in [0.15, 0.2) is 6.61 Å². The van der Waals surface area contributed by atoms with Gasteiger partial charge in [-0.05, 0) is 43.2 Å². The number of ether oxygens (including phenoxy) is 3. The van der Waals surface area contributed by atoms with Crippen molar-refractivity contribution in [3.63, 3.8) is 0 Å². The van der Waals surface area contributed by atoms with Crippen molar-refractivity contribution in [3.05, 3.63) is 48.7 Å². The van der Waals surface area contributed by atoms with E-state index in [1.165, 1.54) is 11.4 Å². The number of hydrogen-bond acceptors (Lipinski definition) is 6. The van der Waals surface area contributed by atoms with E-state index in [1.807, 2.05) is 30.5 Å². The molecule has 1 fully saturated rings. The van der Waals surface area contributed by atoms with E-state index in [1.54, 1.807) is 25.3 Å². The molecule has 0 spiro atoms. The van der Waals surface area contributed by atoms with Crippen LogP contribution in [0.5, 0.6) is 11.5 Å². The average Bonchev–Trinajstić information content (AvgIpc) is 3.25. The molecule has 1 aliphatic rings. The maximum absolute atomic E-state index is 12.6. The van der Waals surface area contributed by atoms with Crippen molar-refractivity contribution in [2.75, 3.05) is 49.4 Å². The summed E-state index contributed by atoms with van der Waals surface area (Å²) in [5.41, 5.74) is 1.97. The van der Waals surface area contributed by atoms with Gasteiger partial charge in [0.1, 0.15) is 11.5 Å². The summed E-state index contributed by atoms with van der Waals surface area (Å²) in [7, 11) is -0.229. The Bertz CT molecular complexity index is 1270. The molecule has 34 heavy (non-hydrogen) atoms. The molecule has 2 heterocycles. The van der Waals surface area contributed by atoms with Gasteiger partial charge in [-0.2, -0.15) is 0 Å². The van der Waals surface area contributed by atoms with Gasteiger partial charge in [0, 0.05) is 43.5 Å². The maximum atomic E-state index is 12.6. The Labute approximate surface area is 199 Å². The maximum Gasteiger partial charge on any atom is 0.262 e. The third-order valence-corrected chi connectivity index (χ3v) is 7.61. The summed E-state index contributed by atoms with van der Waals surface area (Å²) in [6.07, 6.45) is 3.41. The first-order valence-electron chi connectivity index (χ1n) is 11.1. The predicted octanol–water partition coefficient (Wildman–Crippen LogP) is 3.24.